The fourth-order valence-corrected chi connectivity index (χ4v) is 1.97. The van der Waals surface area contributed by atoms with Crippen LogP contribution in [0, 0.1) is 11.8 Å². The normalized spacial score (nSPS) is 11.7. The van der Waals surface area contributed by atoms with Crippen LogP contribution >= 0.6 is 0 Å². The van der Waals surface area contributed by atoms with Gasteiger partial charge in [0, 0.05) is 24.7 Å². The Bertz CT molecular complexity index is 521. The highest BCUT2D eigenvalue weighted by Gasteiger charge is 2.06. The van der Waals surface area contributed by atoms with Crippen LogP contribution in [0.15, 0.2) is 29.3 Å². The molecule has 0 spiro atoms. The summed E-state index contributed by atoms with van der Waals surface area (Å²) in [6.45, 7) is 12.6. The van der Waals surface area contributed by atoms with Gasteiger partial charge in [0.25, 0.3) is 0 Å². The Morgan fingerprint density at radius 3 is 2.29 bits per heavy atom. The number of benzene rings is 1. The molecule has 1 rings (SSSR count). The standard InChI is InChI=1S/C19H32N4O/c1-6-20-19(21-12-11-14(2)3)22-13-16-7-9-17(10-8-16)23-18(24)15(4)5/h7-10,14-15H,6,11-13H2,1-5H3,(H,23,24)(H2,20,21,22). The zero-order valence-electron chi connectivity index (χ0n) is 15.6. The molecule has 1 aromatic rings. The average molecular weight is 332 g/mol. The van der Waals surface area contributed by atoms with E-state index < -0.39 is 0 Å². The molecular weight excluding hydrogens is 300 g/mol. The third-order valence-corrected chi connectivity index (χ3v) is 3.52. The van der Waals surface area contributed by atoms with E-state index in [0.29, 0.717) is 12.5 Å². The number of amides is 1. The summed E-state index contributed by atoms with van der Waals surface area (Å²) in [6, 6.07) is 7.84. The van der Waals surface area contributed by atoms with Gasteiger partial charge in [0.05, 0.1) is 6.54 Å². The van der Waals surface area contributed by atoms with E-state index >= 15 is 0 Å². The summed E-state index contributed by atoms with van der Waals surface area (Å²) in [5.41, 5.74) is 1.93. The molecule has 1 aromatic carbocycles. The number of rotatable bonds is 8. The van der Waals surface area contributed by atoms with Gasteiger partial charge in [0.2, 0.25) is 5.91 Å². The number of aliphatic imine (C=N–C) groups is 1. The predicted molar refractivity (Wildman–Crippen MR) is 102 cm³/mol. The summed E-state index contributed by atoms with van der Waals surface area (Å²) in [5.74, 6) is 1.53. The SMILES string of the molecule is CCNC(=NCc1ccc(NC(=O)C(C)C)cc1)NCCC(C)C. The van der Waals surface area contributed by atoms with E-state index in [2.05, 4.69) is 41.7 Å². The predicted octanol–water partition coefficient (Wildman–Crippen LogP) is 3.38. The summed E-state index contributed by atoms with van der Waals surface area (Å²) in [5, 5.41) is 9.51. The molecule has 0 aliphatic heterocycles. The molecule has 134 valence electrons. The molecule has 0 aliphatic rings. The number of carbonyl (C=O) groups excluding carboxylic acids is 1. The van der Waals surface area contributed by atoms with Crippen LogP contribution in [0.3, 0.4) is 0 Å². The van der Waals surface area contributed by atoms with Crippen molar-refractivity contribution < 1.29 is 4.79 Å². The van der Waals surface area contributed by atoms with Gasteiger partial charge in [-0.25, -0.2) is 4.99 Å². The van der Waals surface area contributed by atoms with E-state index in [1.54, 1.807) is 0 Å². The van der Waals surface area contributed by atoms with Gasteiger partial charge in [-0.15, -0.1) is 0 Å². The molecule has 0 heterocycles. The first-order valence-corrected chi connectivity index (χ1v) is 8.84. The van der Waals surface area contributed by atoms with Crippen LogP contribution in [-0.4, -0.2) is 25.0 Å². The number of carbonyl (C=O) groups is 1. The molecule has 5 heteroatoms. The average Bonchev–Trinajstić information content (AvgIpc) is 2.53. The smallest absolute Gasteiger partial charge is 0.226 e. The van der Waals surface area contributed by atoms with Crippen LogP contribution in [0.2, 0.25) is 0 Å². The fourth-order valence-electron chi connectivity index (χ4n) is 1.97. The lowest BCUT2D eigenvalue weighted by molar-refractivity contribution is -0.118. The van der Waals surface area contributed by atoms with Crippen LogP contribution in [0.1, 0.15) is 46.6 Å². The van der Waals surface area contributed by atoms with Crippen molar-refractivity contribution in [2.75, 3.05) is 18.4 Å². The monoisotopic (exact) mass is 332 g/mol. The number of hydrogen-bond donors (Lipinski definition) is 3. The molecule has 0 fully saturated rings. The molecule has 0 saturated carbocycles. The summed E-state index contributed by atoms with van der Waals surface area (Å²) < 4.78 is 0. The third-order valence-electron chi connectivity index (χ3n) is 3.52. The Kier molecular flexibility index (Phi) is 8.90. The molecule has 0 unspecified atom stereocenters. The molecule has 0 saturated heterocycles. The zero-order valence-corrected chi connectivity index (χ0v) is 15.6. The number of hydrogen-bond acceptors (Lipinski definition) is 2. The maximum absolute atomic E-state index is 11.7. The number of guanidine groups is 1. The lowest BCUT2D eigenvalue weighted by Gasteiger charge is -2.12. The highest BCUT2D eigenvalue weighted by atomic mass is 16.1. The summed E-state index contributed by atoms with van der Waals surface area (Å²) in [6.07, 6.45) is 1.12. The molecule has 0 atom stereocenters. The third kappa shape index (κ3) is 7.99. The van der Waals surface area contributed by atoms with Gasteiger partial charge in [-0.1, -0.05) is 39.8 Å². The Balaban J connectivity index is 2.57. The van der Waals surface area contributed by atoms with E-state index in [1.165, 1.54) is 0 Å². The maximum atomic E-state index is 11.7. The highest BCUT2D eigenvalue weighted by molar-refractivity contribution is 5.92. The Morgan fingerprint density at radius 2 is 1.75 bits per heavy atom. The number of nitrogens with one attached hydrogen (secondary N) is 3. The quantitative estimate of drug-likeness (QED) is 0.505. The second-order valence-corrected chi connectivity index (χ2v) is 6.65. The fraction of sp³-hybridized carbons (Fsp3) is 0.579. The molecule has 0 radical (unpaired) electrons. The lowest BCUT2D eigenvalue weighted by atomic mass is 10.1. The van der Waals surface area contributed by atoms with Gasteiger partial charge >= 0.3 is 0 Å². The molecular formula is C19H32N4O. The molecule has 0 bridgehead atoms. The first kappa shape index (κ1) is 20.0. The first-order valence-electron chi connectivity index (χ1n) is 8.84. The van der Waals surface area contributed by atoms with Crippen molar-refractivity contribution in [2.24, 2.45) is 16.8 Å². The molecule has 0 aromatic heterocycles. The van der Waals surface area contributed by atoms with E-state index in [9.17, 15) is 4.79 Å². The van der Waals surface area contributed by atoms with Gasteiger partial charge < -0.3 is 16.0 Å². The van der Waals surface area contributed by atoms with Crippen molar-refractivity contribution in [2.45, 2.75) is 47.6 Å². The Morgan fingerprint density at radius 1 is 1.08 bits per heavy atom. The van der Waals surface area contributed by atoms with Gasteiger partial charge in [0.1, 0.15) is 0 Å². The van der Waals surface area contributed by atoms with Crippen molar-refractivity contribution in [1.29, 1.82) is 0 Å². The summed E-state index contributed by atoms with van der Waals surface area (Å²) in [7, 11) is 0. The van der Waals surface area contributed by atoms with E-state index in [1.807, 2.05) is 38.1 Å². The minimum absolute atomic E-state index is 0.0196. The Hall–Kier alpha value is -2.04. The largest absolute Gasteiger partial charge is 0.357 e. The number of nitrogens with zero attached hydrogens (tertiary/aromatic N) is 1. The molecule has 0 aliphatic carbocycles. The lowest BCUT2D eigenvalue weighted by Crippen LogP contribution is -2.38. The van der Waals surface area contributed by atoms with Crippen molar-refractivity contribution >= 4 is 17.6 Å². The number of anilines is 1. The first-order chi connectivity index (χ1) is 11.4. The van der Waals surface area contributed by atoms with E-state index in [0.717, 1.165) is 36.7 Å². The van der Waals surface area contributed by atoms with Crippen LogP contribution < -0.4 is 16.0 Å². The molecule has 5 nitrogen and oxygen atoms in total. The molecule has 1 amide bonds. The van der Waals surface area contributed by atoms with Crippen LogP contribution in [-0.2, 0) is 11.3 Å². The van der Waals surface area contributed by atoms with Crippen molar-refractivity contribution in [3.63, 3.8) is 0 Å². The van der Waals surface area contributed by atoms with Gasteiger partial charge in [0.15, 0.2) is 5.96 Å². The molecule has 24 heavy (non-hydrogen) atoms. The van der Waals surface area contributed by atoms with Crippen LogP contribution in [0.4, 0.5) is 5.69 Å². The van der Waals surface area contributed by atoms with Gasteiger partial charge in [-0.2, -0.15) is 0 Å². The second kappa shape index (κ2) is 10.7. The van der Waals surface area contributed by atoms with Gasteiger partial charge in [-0.3, -0.25) is 4.79 Å². The molecule has 3 N–H and O–H groups in total. The van der Waals surface area contributed by atoms with E-state index in [-0.39, 0.29) is 11.8 Å². The summed E-state index contributed by atoms with van der Waals surface area (Å²) >= 11 is 0. The second-order valence-electron chi connectivity index (χ2n) is 6.65. The van der Waals surface area contributed by atoms with Crippen LogP contribution in [0.25, 0.3) is 0 Å². The maximum Gasteiger partial charge on any atom is 0.226 e. The summed E-state index contributed by atoms with van der Waals surface area (Å²) in [4.78, 5) is 16.3. The minimum atomic E-state index is -0.0196. The van der Waals surface area contributed by atoms with Crippen molar-refractivity contribution in [3.05, 3.63) is 29.8 Å². The van der Waals surface area contributed by atoms with Crippen LogP contribution in [0.5, 0.6) is 0 Å². The van der Waals surface area contributed by atoms with Crippen molar-refractivity contribution in [3.8, 4) is 0 Å². The highest BCUT2D eigenvalue weighted by Crippen LogP contribution is 2.11. The minimum Gasteiger partial charge on any atom is -0.357 e. The zero-order chi connectivity index (χ0) is 17.9. The van der Waals surface area contributed by atoms with Gasteiger partial charge in [-0.05, 0) is 37.0 Å². The van der Waals surface area contributed by atoms with E-state index in [4.69, 9.17) is 0 Å². The van der Waals surface area contributed by atoms with Crippen molar-refractivity contribution in [1.82, 2.24) is 10.6 Å². The topological polar surface area (TPSA) is 65.5 Å². The Labute approximate surface area is 146 Å².